The number of phenols is 1. The molecule has 0 aromatic heterocycles. The summed E-state index contributed by atoms with van der Waals surface area (Å²) in [4.78, 5) is 23.4. The summed E-state index contributed by atoms with van der Waals surface area (Å²) in [6.07, 6.45) is 1.50. The smallest absolute Gasteiger partial charge is 0.303 e. The summed E-state index contributed by atoms with van der Waals surface area (Å²) in [7, 11) is -0.823. The first-order valence-corrected chi connectivity index (χ1v) is 18.2. The van der Waals surface area contributed by atoms with Gasteiger partial charge in [0.25, 0.3) is 0 Å². The third kappa shape index (κ3) is 8.66. The van der Waals surface area contributed by atoms with Gasteiger partial charge in [0.1, 0.15) is 17.6 Å². The molecule has 3 rings (SSSR count). The van der Waals surface area contributed by atoms with Crippen LogP contribution in [-0.4, -0.2) is 49.9 Å². The third-order valence-corrected chi connectivity index (χ3v) is 17.1. The number of benzene rings is 2. The van der Waals surface area contributed by atoms with E-state index in [9.17, 15) is 14.7 Å². The van der Waals surface area contributed by atoms with Gasteiger partial charge in [0.2, 0.25) is 12.4 Å². The van der Waals surface area contributed by atoms with Crippen LogP contribution in [0, 0.1) is 5.92 Å². The Morgan fingerprint density at radius 2 is 1.56 bits per heavy atom. The predicted octanol–water partition coefficient (Wildman–Crippen LogP) is 6.11. The molecule has 2 aromatic rings. The molecule has 212 valence electrons. The molecule has 9 heteroatoms. The quantitative estimate of drug-likeness (QED) is 0.177. The van der Waals surface area contributed by atoms with Gasteiger partial charge < -0.3 is 24.1 Å². The van der Waals surface area contributed by atoms with Crippen molar-refractivity contribution in [1.29, 1.82) is 0 Å². The van der Waals surface area contributed by atoms with E-state index in [0.29, 0.717) is 20.5 Å². The van der Waals surface area contributed by atoms with Gasteiger partial charge in [-0.2, -0.15) is 0 Å². The van der Waals surface area contributed by atoms with Gasteiger partial charge in [-0.05, 0) is 51.8 Å². The molecule has 2 aromatic carbocycles. The molecule has 1 fully saturated rings. The summed E-state index contributed by atoms with van der Waals surface area (Å²) in [5.74, 6) is -0.325. The number of esters is 2. The molecular weight excluding hydrogens is 531 g/mol. The third-order valence-electron chi connectivity index (χ3n) is 7.15. The van der Waals surface area contributed by atoms with Crippen LogP contribution in [0.25, 0.3) is 12.2 Å². The molecule has 39 heavy (non-hydrogen) atoms. The van der Waals surface area contributed by atoms with Gasteiger partial charge in [-0.15, -0.1) is 8.13 Å². The highest BCUT2D eigenvalue weighted by molar-refractivity contribution is 7.87. The van der Waals surface area contributed by atoms with Gasteiger partial charge in [-0.25, -0.2) is 0 Å². The Kier molecular flexibility index (Phi) is 10.0. The zero-order chi connectivity index (χ0) is 29.0. The molecule has 0 saturated carbocycles. The molecular formula is C30H41O7PSi. The largest absolute Gasteiger partial charge is 0.508 e. The van der Waals surface area contributed by atoms with E-state index in [1.165, 1.54) is 19.2 Å². The van der Waals surface area contributed by atoms with E-state index >= 15 is 0 Å². The first-order valence-electron chi connectivity index (χ1n) is 13.2. The molecule has 1 aliphatic heterocycles. The van der Waals surface area contributed by atoms with E-state index < -0.39 is 38.2 Å². The van der Waals surface area contributed by atoms with E-state index in [1.807, 2.05) is 37.3 Å². The van der Waals surface area contributed by atoms with E-state index in [-0.39, 0.29) is 16.7 Å². The summed E-state index contributed by atoms with van der Waals surface area (Å²) >= 11 is 0. The Labute approximate surface area is 234 Å². The van der Waals surface area contributed by atoms with Crippen molar-refractivity contribution in [2.24, 2.45) is 5.92 Å². The van der Waals surface area contributed by atoms with Gasteiger partial charge in [-0.3, -0.25) is 9.59 Å². The molecule has 1 aliphatic rings. The Hall–Kier alpha value is -2.67. The van der Waals surface area contributed by atoms with Crippen LogP contribution in [0.2, 0.25) is 18.1 Å². The predicted molar refractivity (Wildman–Crippen MR) is 159 cm³/mol. The average molecular weight is 573 g/mol. The monoisotopic (exact) mass is 572 g/mol. The van der Waals surface area contributed by atoms with Gasteiger partial charge in [0.05, 0.1) is 14.3 Å². The second-order valence-corrected chi connectivity index (χ2v) is 21.7. The highest BCUT2D eigenvalue weighted by Crippen LogP contribution is 2.46. The summed E-state index contributed by atoms with van der Waals surface area (Å²) in [5, 5.41) is 11.8. The van der Waals surface area contributed by atoms with E-state index in [4.69, 9.17) is 18.9 Å². The molecule has 5 atom stereocenters. The maximum Gasteiger partial charge on any atom is 0.303 e. The Balaban J connectivity index is 1.72. The van der Waals surface area contributed by atoms with Crippen LogP contribution < -0.4 is 10.0 Å². The van der Waals surface area contributed by atoms with E-state index in [2.05, 4.69) is 39.9 Å². The average Bonchev–Trinajstić information content (AvgIpc) is 2.81. The van der Waals surface area contributed by atoms with Crippen molar-refractivity contribution >= 4 is 45.3 Å². The van der Waals surface area contributed by atoms with Crippen LogP contribution in [0.4, 0.5) is 0 Å². The van der Waals surface area contributed by atoms with Gasteiger partial charge >= 0.3 is 11.9 Å². The minimum absolute atomic E-state index is 0.161. The molecule has 1 heterocycles. The number of rotatable bonds is 8. The second kappa shape index (κ2) is 12.7. The van der Waals surface area contributed by atoms with Crippen LogP contribution in [0.15, 0.2) is 42.5 Å². The first-order chi connectivity index (χ1) is 18.1. The van der Waals surface area contributed by atoms with Crippen molar-refractivity contribution in [3.05, 3.63) is 53.6 Å². The minimum Gasteiger partial charge on any atom is -0.508 e. The molecule has 0 amide bonds. The summed E-state index contributed by atoms with van der Waals surface area (Å²) < 4.78 is 22.7. The molecule has 7 nitrogen and oxygen atoms in total. The molecule has 1 N–H and O–H groups in total. The SMILES string of the molecule is CC(=O)O[C@@H]1[C@@H](OC(C)=O)[C@@H](Oc2ccc(/C=C/c3cc(O)cc(P[Si](C)(C)C(C)(C)C)c3)cc2)OC[C@H]1C. The lowest BCUT2D eigenvalue weighted by atomic mass is 9.97. The normalized spacial score (nSPS) is 22.3. The Morgan fingerprint density at radius 1 is 0.974 bits per heavy atom. The zero-order valence-corrected chi connectivity index (χ0v) is 26.1. The van der Waals surface area contributed by atoms with E-state index in [0.717, 1.165) is 11.1 Å². The first kappa shape index (κ1) is 30.9. The van der Waals surface area contributed by atoms with Gasteiger partial charge in [0.15, 0.2) is 0 Å². The Morgan fingerprint density at radius 3 is 2.15 bits per heavy atom. The van der Waals surface area contributed by atoms with Crippen LogP contribution in [-0.2, 0) is 23.8 Å². The number of aromatic hydroxyl groups is 1. The maximum absolute atomic E-state index is 11.7. The van der Waals surface area contributed by atoms with Gasteiger partial charge in [0, 0.05) is 19.8 Å². The molecule has 0 bridgehead atoms. The fourth-order valence-electron chi connectivity index (χ4n) is 4.04. The lowest BCUT2D eigenvalue weighted by molar-refractivity contribution is -0.243. The van der Waals surface area contributed by atoms with Gasteiger partial charge in [-0.1, -0.05) is 65.1 Å². The number of hydrogen-bond donors (Lipinski definition) is 1. The van der Waals surface area contributed by atoms with Crippen molar-refractivity contribution in [3.8, 4) is 11.5 Å². The second-order valence-electron chi connectivity index (χ2n) is 11.7. The van der Waals surface area contributed by atoms with Crippen LogP contribution in [0.5, 0.6) is 11.5 Å². The summed E-state index contributed by atoms with van der Waals surface area (Å²) in [6.45, 7) is 16.5. The van der Waals surface area contributed by atoms with Crippen LogP contribution in [0.1, 0.15) is 52.7 Å². The number of phenolic OH excluding ortho intramolecular Hbond substituents is 1. The molecule has 1 unspecified atom stereocenters. The fourth-order valence-corrected chi connectivity index (χ4v) is 9.32. The number of ether oxygens (including phenoxy) is 4. The lowest BCUT2D eigenvalue weighted by Crippen LogP contribution is -2.55. The van der Waals surface area contributed by atoms with E-state index in [1.54, 1.807) is 18.2 Å². The van der Waals surface area contributed by atoms with Crippen molar-refractivity contribution in [2.75, 3.05) is 6.61 Å². The van der Waals surface area contributed by atoms with Crippen LogP contribution >= 0.6 is 8.13 Å². The topological polar surface area (TPSA) is 91.3 Å². The highest BCUT2D eigenvalue weighted by atomic mass is 31.3. The fraction of sp³-hybridized carbons (Fsp3) is 0.467. The molecule has 0 spiro atoms. The summed E-state index contributed by atoms with van der Waals surface area (Å²) in [6, 6.07) is 13.2. The number of carbonyl (C=O) groups is 2. The Bertz CT molecular complexity index is 1190. The zero-order valence-electron chi connectivity index (χ0n) is 24.1. The highest BCUT2D eigenvalue weighted by Gasteiger charge is 2.44. The maximum atomic E-state index is 11.7. The number of carbonyl (C=O) groups excluding carboxylic acids is 2. The minimum atomic E-state index is -1.52. The molecule has 0 aliphatic carbocycles. The van der Waals surface area contributed by atoms with Crippen molar-refractivity contribution in [3.63, 3.8) is 0 Å². The van der Waals surface area contributed by atoms with Crippen LogP contribution in [0.3, 0.4) is 0 Å². The van der Waals surface area contributed by atoms with Crippen molar-refractivity contribution in [2.45, 2.75) is 78.2 Å². The van der Waals surface area contributed by atoms with Crippen molar-refractivity contribution in [1.82, 2.24) is 0 Å². The van der Waals surface area contributed by atoms with Crippen molar-refractivity contribution < 1.29 is 33.6 Å². The standard InChI is InChI=1S/C30H41O7PSi/c1-19-18-34-29(28(36-21(3)32)27(19)35-20(2)31)37-25-13-11-22(12-14-25)9-10-23-15-24(33)17-26(16-23)38-39(7,8)30(4,5)6/h9-17,19,27-29,33,38H,18H2,1-8H3/b10-9+/t19-,27+,28-,29-/m1/s1. The number of hydrogen-bond acceptors (Lipinski definition) is 7. The molecule has 1 saturated heterocycles. The lowest BCUT2D eigenvalue weighted by Gasteiger charge is -2.39. The summed E-state index contributed by atoms with van der Waals surface area (Å²) in [5.41, 5.74) is 1.90. The molecule has 0 radical (unpaired) electrons.